The second kappa shape index (κ2) is 7.05. The molecule has 1 aliphatic rings. The molecular weight excluding hydrogens is 266 g/mol. The number of carbonyl (C=O) groups is 1. The Kier molecular flexibility index (Phi) is 5.37. The molecule has 0 saturated carbocycles. The average Bonchev–Trinajstić information content (AvgIpc) is 2.43. The molecule has 1 aromatic rings. The van der Waals surface area contributed by atoms with Gasteiger partial charge in [-0.3, -0.25) is 9.69 Å². The number of likely N-dealkylation sites (N-methyl/N-ethyl adjacent to an activating group) is 1. The van der Waals surface area contributed by atoms with E-state index in [-0.39, 0.29) is 0 Å². The minimum atomic E-state index is -0.784. The Morgan fingerprint density at radius 1 is 1.33 bits per heavy atom. The van der Waals surface area contributed by atoms with E-state index in [1.165, 1.54) is 5.56 Å². The quantitative estimate of drug-likeness (QED) is 0.906. The van der Waals surface area contributed by atoms with Crippen molar-refractivity contribution >= 4 is 5.97 Å². The van der Waals surface area contributed by atoms with Crippen LogP contribution in [0.5, 0.6) is 0 Å². The normalized spacial score (nSPS) is 17.9. The van der Waals surface area contributed by atoms with E-state index in [4.69, 9.17) is 4.74 Å². The van der Waals surface area contributed by atoms with Crippen molar-refractivity contribution in [1.82, 2.24) is 4.90 Å². The molecular formula is C17H25NO3. The molecule has 116 valence electrons. The predicted molar refractivity (Wildman–Crippen MR) is 82.5 cm³/mol. The van der Waals surface area contributed by atoms with Gasteiger partial charge in [-0.05, 0) is 56.3 Å². The van der Waals surface area contributed by atoms with Gasteiger partial charge in [0.05, 0.1) is 0 Å². The highest BCUT2D eigenvalue weighted by molar-refractivity contribution is 5.75. The summed E-state index contributed by atoms with van der Waals surface area (Å²) in [5.41, 5.74) is 3.19. The van der Waals surface area contributed by atoms with E-state index in [1.807, 2.05) is 44.0 Å². The van der Waals surface area contributed by atoms with Crippen molar-refractivity contribution in [3.05, 3.63) is 34.9 Å². The van der Waals surface area contributed by atoms with Crippen LogP contribution in [0.1, 0.15) is 35.6 Å². The Bertz CT molecular complexity index is 495. The van der Waals surface area contributed by atoms with Crippen LogP contribution in [-0.2, 0) is 9.53 Å². The number of hydrogen-bond acceptors (Lipinski definition) is 3. The van der Waals surface area contributed by atoms with Gasteiger partial charge in [-0.15, -0.1) is 0 Å². The summed E-state index contributed by atoms with van der Waals surface area (Å²) in [5, 5.41) is 9.62. The number of carboxylic acid groups (broad SMARTS) is 1. The molecule has 0 unspecified atom stereocenters. The van der Waals surface area contributed by atoms with Crippen molar-refractivity contribution in [3.63, 3.8) is 0 Å². The fourth-order valence-corrected chi connectivity index (χ4v) is 2.96. The number of ether oxygens (including phenoxy) is 1. The summed E-state index contributed by atoms with van der Waals surface area (Å²) >= 11 is 0. The number of aliphatic carboxylic acids is 1. The van der Waals surface area contributed by atoms with E-state index in [0.717, 1.165) is 43.7 Å². The third-order valence-electron chi connectivity index (χ3n) is 4.41. The van der Waals surface area contributed by atoms with Crippen LogP contribution in [0.25, 0.3) is 0 Å². The van der Waals surface area contributed by atoms with Gasteiger partial charge in [0.15, 0.2) is 0 Å². The molecule has 4 nitrogen and oxygen atoms in total. The molecule has 0 bridgehead atoms. The number of rotatable bonds is 5. The summed E-state index contributed by atoms with van der Waals surface area (Å²) in [6.07, 6.45) is 2.03. The van der Waals surface area contributed by atoms with Crippen molar-refractivity contribution in [2.45, 2.75) is 32.7 Å². The fraction of sp³-hybridized carbons (Fsp3) is 0.588. The van der Waals surface area contributed by atoms with E-state index in [9.17, 15) is 9.90 Å². The zero-order valence-electron chi connectivity index (χ0n) is 13.1. The van der Waals surface area contributed by atoms with Crippen LogP contribution in [0, 0.1) is 19.8 Å². The molecule has 4 heteroatoms. The number of hydrogen-bond donors (Lipinski definition) is 1. The summed E-state index contributed by atoms with van der Waals surface area (Å²) in [5.74, 6) is -0.259. The van der Waals surface area contributed by atoms with E-state index >= 15 is 0 Å². The standard InChI is InChI=1S/C17H25NO3/c1-12-4-5-15(10-13(12)2)16(17(19)20)18(3)11-14-6-8-21-9-7-14/h4-5,10,14,16H,6-9,11H2,1-3H3,(H,19,20)/t16-/m1/s1. The number of aryl methyl sites for hydroxylation is 2. The Balaban J connectivity index is 2.13. The highest BCUT2D eigenvalue weighted by Crippen LogP contribution is 2.25. The molecule has 0 spiro atoms. The Morgan fingerprint density at radius 3 is 2.57 bits per heavy atom. The van der Waals surface area contributed by atoms with E-state index in [0.29, 0.717) is 5.92 Å². The molecule has 1 saturated heterocycles. The van der Waals surface area contributed by atoms with Gasteiger partial charge in [-0.2, -0.15) is 0 Å². The van der Waals surface area contributed by atoms with Crippen molar-refractivity contribution in [2.24, 2.45) is 5.92 Å². The molecule has 0 radical (unpaired) electrons. The van der Waals surface area contributed by atoms with E-state index in [2.05, 4.69) is 0 Å². The average molecular weight is 291 g/mol. The molecule has 0 aliphatic carbocycles. The van der Waals surface area contributed by atoms with Crippen molar-refractivity contribution in [3.8, 4) is 0 Å². The number of nitrogens with zero attached hydrogens (tertiary/aromatic N) is 1. The van der Waals surface area contributed by atoms with Crippen molar-refractivity contribution in [1.29, 1.82) is 0 Å². The maximum Gasteiger partial charge on any atom is 0.325 e. The monoisotopic (exact) mass is 291 g/mol. The van der Waals surface area contributed by atoms with Gasteiger partial charge in [0, 0.05) is 19.8 Å². The lowest BCUT2D eigenvalue weighted by atomic mass is 9.96. The van der Waals surface area contributed by atoms with Crippen LogP contribution in [0.4, 0.5) is 0 Å². The largest absolute Gasteiger partial charge is 0.480 e. The molecule has 1 aliphatic heterocycles. The summed E-state index contributed by atoms with van der Waals surface area (Å²) < 4.78 is 5.37. The first-order valence-electron chi connectivity index (χ1n) is 7.57. The van der Waals surface area contributed by atoms with Crippen LogP contribution in [0.15, 0.2) is 18.2 Å². The molecule has 1 atom stereocenters. The van der Waals surface area contributed by atoms with Crippen LogP contribution < -0.4 is 0 Å². The zero-order chi connectivity index (χ0) is 15.4. The third kappa shape index (κ3) is 4.05. The lowest BCUT2D eigenvalue weighted by Crippen LogP contribution is -2.36. The number of benzene rings is 1. The maximum atomic E-state index is 11.7. The summed E-state index contributed by atoms with van der Waals surface area (Å²) in [4.78, 5) is 13.7. The first-order chi connectivity index (χ1) is 9.99. The first-order valence-corrected chi connectivity index (χ1v) is 7.57. The molecule has 21 heavy (non-hydrogen) atoms. The minimum Gasteiger partial charge on any atom is -0.480 e. The molecule has 0 amide bonds. The van der Waals surface area contributed by atoms with Crippen LogP contribution >= 0.6 is 0 Å². The smallest absolute Gasteiger partial charge is 0.325 e. The molecule has 0 aromatic heterocycles. The molecule has 1 fully saturated rings. The second-order valence-electron chi connectivity index (χ2n) is 6.08. The summed E-state index contributed by atoms with van der Waals surface area (Å²) in [6, 6.07) is 5.35. The summed E-state index contributed by atoms with van der Waals surface area (Å²) in [6.45, 7) is 6.45. The van der Waals surface area contributed by atoms with Gasteiger partial charge >= 0.3 is 5.97 Å². The van der Waals surface area contributed by atoms with Crippen LogP contribution in [0.3, 0.4) is 0 Å². The van der Waals surface area contributed by atoms with Crippen molar-refractivity contribution in [2.75, 3.05) is 26.8 Å². The summed E-state index contributed by atoms with van der Waals surface area (Å²) in [7, 11) is 1.91. The van der Waals surface area contributed by atoms with Crippen LogP contribution in [0.2, 0.25) is 0 Å². The Labute approximate surface area is 126 Å². The Morgan fingerprint density at radius 2 is 2.00 bits per heavy atom. The van der Waals surface area contributed by atoms with Crippen LogP contribution in [-0.4, -0.2) is 42.8 Å². The van der Waals surface area contributed by atoms with Gasteiger partial charge in [0.25, 0.3) is 0 Å². The van der Waals surface area contributed by atoms with Gasteiger partial charge in [0.1, 0.15) is 6.04 Å². The van der Waals surface area contributed by atoms with Gasteiger partial charge in [0.2, 0.25) is 0 Å². The van der Waals surface area contributed by atoms with Gasteiger partial charge in [-0.25, -0.2) is 0 Å². The topological polar surface area (TPSA) is 49.8 Å². The lowest BCUT2D eigenvalue weighted by Gasteiger charge is -2.31. The second-order valence-corrected chi connectivity index (χ2v) is 6.08. The zero-order valence-corrected chi connectivity index (χ0v) is 13.1. The Hall–Kier alpha value is -1.39. The minimum absolute atomic E-state index is 0.525. The number of carboxylic acids is 1. The highest BCUT2D eigenvalue weighted by Gasteiger charge is 2.27. The lowest BCUT2D eigenvalue weighted by molar-refractivity contribution is -0.143. The van der Waals surface area contributed by atoms with E-state index in [1.54, 1.807) is 0 Å². The molecule has 1 heterocycles. The van der Waals surface area contributed by atoms with Crippen molar-refractivity contribution < 1.29 is 14.6 Å². The first kappa shape index (κ1) is 16.0. The fourth-order valence-electron chi connectivity index (χ4n) is 2.96. The maximum absolute atomic E-state index is 11.7. The molecule has 1 N–H and O–H groups in total. The van der Waals surface area contributed by atoms with Gasteiger partial charge < -0.3 is 9.84 Å². The molecule has 2 rings (SSSR count). The third-order valence-corrected chi connectivity index (χ3v) is 4.41. The van der Waals surface area contributed by atoms with Gasteiger partial charge in [-0.1, -0.05) is 18.2 Å². The SMILES string of the molecule is Cc1ccc([C@H](C(=O)O)N(C)CC2CCOCC2)cc1C. The molecule has 1 aromatic carbocycles. The van der Waals surface area contributed by atoms with E-state index < -0.39 is 12.0 Å². The highest BCUT2D eigenvalue weighted by atomic mass is 16.5. The predicted octanol–water partition coefficient (Wildman–Crippen LogP) is 2.79.